The Kier molecular flexibility index (Phi) is 4.47. The van der Waals surface area contributed by atoms with Crippen molar-refractivity contribution in [1.82, 2.24) is 15.3 Å². The van der Waals surface area contributed by atoms with Gasteiger partial charge in [-0.25, -0.2) is 4.98 Å². The monoisotopic (exact) mass is 341 g/mol. The van der Waals surface area contributed by atoms with E-state index in [9.17, 15) is 4.79 Å². The van der Waals surface area contributed by atoms with E-state index in [0.717, 1.165) is 22.1 Å². The lowest BCUT2D eigenvalue weighted by Gasteiger charge is -2.32. The lowest BCUT2D eigenvalue weighted by molar-refractivity contribution is -0.118. The van der Waals surface area contributed by atoms with Crippen LogP contribution in [0.15, 0.2) is 30.0 Å². The van der Waals surface area contributed by atoms with Crippen LogP contribution in [0.4, 0.5) is 0 Å². The number of carbonyl (C=O) groups excluding carboxylic acids is 1. The predicted octanol–water partition coefficient (Wildman–Crippen LogP) is 2.71. The zero-order chi connectivity index (χ0) is 18.2. The summed E-state index contributed by atoms with van der Waals surface area (Å²) < 4.78 is 12.3. The van der Waals surface area contributed by atoms with E-state index in [1.807, 2.05) is 52.1 Å². The van der Waals surface area contributed by atoms with E-state index in [-0.39, 0.29) is 5.91 Å². The van der Waals surface area contributed by atoms with Gasteiger partial charge in [0.2, 0.25) is 5.91 Å². The third kappa shape index (κ3) is 3.48. The standard InChI is InChI=1S/C18H24BN3O3/c1-12(23)21-11-14(19-24-17(2,3)18(4,5)25-19)9-13-10-22-16-15(13)7-6-8-20-16/h6-10H,11H2,1-5H3,(H,20,22)(H,21,23). The lowest BCUT2D eigenvalue weighted by Crippen LogP contribution is -2.41. The van der Waals surface area contributed by atoms with Gasteiger partial charge in [0.25, 0.3) is 0 Å². The van der Waals surface area contributed by atoms with Gasteiger partial charge in [0.05, 0.1) is 11.2 Å². The van der Waals surface area contributed by atoms with Gasteiger partial charge in [0.1, 0.15) is 5.65 Å². The first-order valence-corrected chi connectivity index (χ1v) is 8.42. The fourth-order valence-electron chi connectivity index (χ4n) is 2.72. The lowest BCUT2D eigenvalue weighted by atomic mass is 9.77. The molecule has 132 valence electrons. The number of H-pyrrole nitrogens is 1. The number of aromatic nitrogens is 2. The first-order valence-electron chi connectivity index (χ1n) is 8.42. The number of hydrogen-bond donors (Lipinski definition) is 2. The summed E-state index contributed by atoms with van der Waals surface area (Å²) in [6.45, 7) is 9.91. The molecule has 0 radical (unpaired) electrons. The highest BCUT2D eigenvalue weighted by Crippen LogP contribution is 2.39. The molecule has 2 aromatic heterocycles. The van der Waals surface area contributed by atoms with Gasteiger partial charge >= 0.3 is 7.12 Å². The minimum atomic E-state index is -0.515. The number of carbonyl (C=O) groups is 1. The molecule has 0 aliphatic carbocycles. The molecule has 0 spiro atoms. The van der Waals surface area contributed by atoms with Crippen LogP contribution in [0.25, 0.3) is 17.1 Å². The molecule has 2 N–H and O–H groups in total. The van der Waals surface area contributed by atoms with Gasteiger partial charge in [0, 0.05) is 36.8 Å². The third-order valence-electron chi connectivity index (χ3n) is 4.92. The molecule has 1 aliphatic heterocycles. The fraction of sp³-hybridized carbons (Fsp3) is 0.444. The van der Waals surface area contributed by atoms with Gasteiger partial charge < -0.3 is 19.6 Å². The van der Waals surface area contributed by atoms with Crippen molar-refractivity contribution in [1.29, 1.82) is 0 Å². The molecule has 2 aromatic rings. The second-order valence-electron chi connectivity index (χ2n) is 7.36. The number of nitrogens with one attached hydrogen (secondary N) is 2. The SMILES string of the molecule is CC(=O)NCC(=Cc1c[nH]c2ncccc12)B1OC(C)(C)C(C)(C)O1. The molecular weight excluding hydrogens is 317 g/mol. The number of nitrogens with zero attached hydrogens (tertiary/aromatic N) is 1. The first kappa shape index (κ1) is 17.7. The molecule has 0 unspecified atom stereocenters. The quantitative estimate of drug-likeness (QED) is 0.839. The van der Waals surface area contributed by atoms with Crippen LogP contribution in [0.3, 0.4) is 0 Å². The van der Waals surface area contributed by atoms with Crippen LogP contribution in [-0.2, 0) is 14.1 Å². The van der Waals surface area contributed by atoms with Crippen LogP contribution < -0.4 is 5.32 Å². The summed E-state index contributed by atoms with van der Waals surface area (Å²) in [5, 5.41) is 3.86. The topological polar surface area (TPSA) is 76.2 Å². The van der Waals surface area contributed by atoms with Crippen molar-refractivity contribution in [3.63, 3.8) is 0 Å². The van der Waals surface area contributed by atoms with Crippen LogP contribution in [0, 0.1) is 0 Å². The van der Waals surface area contributed by atoms with E-state index >= 15 is 0 Å². The number of amides is 1. The van der Waals surface area contributed by atoms with Crippen molar-refractivity contribution in [2.24, 2.45) is 0 Å². The Balaban J connectivity index is 1.96. The van der Waals surface area contributed by atoms with Gasteiger partial charge in [-0.05, 0) is 45.3 Å². The summed E-state index contributed by atoms with van der Waals surface area (Å²) in [7, 11) is -0.515. The van der Waals surface area contributed by atoms with E-state index in [1.165, 1.54) is 6.92 Å². The van der Waals surface area contributed by atoms with E-state index in [0.29, 0.717) is 6.54 Å². The molecule has 3 heterocycles. The van der Waals surface area contributed by atoms with Gasteiger partial charge in [-0.3, -0.25) is 4.79 Å². The Morgan fingerprint density at radius 1 is 1.32 bits per heavy atom. The van der Waals surface area contributed by atoms with Gasteiger partial charge in [-0.15, -0.1) is 0 Å². The summed E-state index contributed by atoms with van der Waals surface area (Å²) >= 11 is 0. The molecule has 25 heavy (non-hydrogen) atoms. The molecule has 1 aliphatic rings. The summed E-state index contributed by atoms with van der Waals surface area (Å²) in [4.78, 5) is 18.9. The van der Waals surface area contributed by atoms with Crippen LogP contribution in [0.1, 0.15) is 40.2 Å². The van der Waals surface area contributed by atoms with Crippen LogP contribution in [0.2, 0.25) is 0 Å². The van der Waals surface area contributed by atoms with Crippen molar-refractivity contribution in [2.75, 3.05) is 6.54 Å². The molecule has 1 amide bonds. The van der Waals surface area contributed by atoms with Gasteiger partial charge in [0.15, 0.2) is 0 Å². The molecule has 1 saturated heterocycles. The predicted molar refractivity (Wildman–Crippen MR) is 98.8 cm³/mol. The number of fused-ring (bicyclic) bond motifs is 1. The molecule has 6 nitrogen and oxygen atoms in total. The molecule has 3 rings (SSSR count). The van der Waals surface area contributed by atoms with Crippen molar-refractivity contribution < 1.29 is 14.1 Å². The zero-order valence-electron chi connectivity index (χ0n) is 15.3. The van der Waals surface area contributed by atoms with Crippen LogP contribution >= 0.6 is 0 Å². The van der Waals surface area contributed by atoms with Crippen molar-refractivity contribution in [2.45, 2.75) is 45.8 Å². The number of aromatic amines is 1. The van der Waals surface area contributed by atoms with E-state index in [4.69, 9.17) is 9.31 Å². The molecular formula is C18H24BN3O3. The van der Waals surface area contributed by atoms with Crippen molar-refractivity contribution in [3.8, 4) is 0 Å². The van der Waals surface area contributed by atoms with E-state index < -0.39 is 18.3 Å². The summed E-state index contributed by atoms with van der Waals surface area (Å²) in [6.07, 6.45) is 5.65. The summed E-state index contributed by atoms with van der Waals surface area (Å²) in [5.41, 5.74) is 1.79. The number of hydrogen-bond acceptors (Lipinski definition) is 4. The molecule has 0 aromatic carbocycles. The zero-order valence-corrected chi connectivity index (χ0v) is 15.3. The third-order valence-corrected chi connectivity index (χ3v) is 4.92. The smallest absolute Gasteiger partial charge is 0.400 e. The average molecular weight is 341 g/mol. The molecule has 0 atom stereocenters. The molecule has 0 bridgehead atoms. The highest BCUT2D eigenvalue weighted by atomic mass is 16.7. The minimum absolute atomic E-state index is 0.0944. The highest BCUT2D eigenvalue weighted by molar-refractivity contribution is 6.56. The van der Waals surface area contributed by atoms with Crippen molar-refractivity contribution in [3.05, 3.63) is 35.6 Å². The fourth-order valence-corrected chi connectivity index (χ4v) is 2.72. The second-order valence-corrected chi connectivity index (χ2v) is 7.36. The Bertz CT molecular complexity index is 810. The second kappa shape index (κ2) is 6.31. The molecule has 1 fully saturated rings. The van der Waals surface area contributed by atoms with E-state index in [2.05, 4.69) is 15.3 Å². The normalized spacial score (nSPS) is 19.4. The Labute approximate surface area is 148 Å². The van der Waals surface area contributed by atoms with E-state index in [1.54, 1.807) is 6.20 Å². The Morgan fingerprint density at radius 2 is 2.00 bits per heavy atom. The van der Waals surface area contributed by atoms with Crippen LogP contribution in [0.5, 0.6) is 0 Å². The van der Waals surface area contributed by atoms with Crippen molar-refractivity contribution >= 4 is 30.1 Å². The number of rotatable bonds is 4. The maximum absolute atomic E-state index is 11.4. The van der Waals surface area contributed by atoms with Gasteiger partial charge in [-0.2, -0.15) is 0 Å². The molecule has 7 heteroatoms. The highest BCUT2D eigenvalue weighted by Gasteiger charge is 2.52. The molecule has 0 saturated carbocycles. The Morgan fingerprint density at radius 3 is 2.64 bits per heavy atom. The summed E-state index contributed by atoms with van der Waals surface area (Å²) in [5.74, 6) is -0.0944. The number of pyridine rings is 1. The first-order chi connectivity index (χ1) is 11.7. The maximum atomic E-state index is 11.4. The minimum Gasteiger partial charge on any atom is -0.400 e. The largest absolute Gasteiger partial charge is 0.492 e. The average Bonchev–Trinajstić information content (AvgIpc) is 3.02. The maximum Gasteiger partial charge on any atom is 0.492 e. The van der Waals surface area contributed by atoms with Crippen LogP contribution in [-0.4, -0.2) is 40.7 Å². The Hall–Kier alpha value is -2.12. The van der Waals surface area contributed by atoms with Gasteiger partial charge in [-0.1, -0.05) is 6.08 Å². The summed E-state index contributed by atoms with van der Waals surface area (Å²) in [6, 6.07) is 3.90.